The first-order valence-corrected chi connectivity index (χ1v) is 10.8. The van der Waals surface area contributed by atoms with Crippen molar-refractivity contribution in [1.82, 2.24) is 14.3 Å². The molecule has 4 rings (SSSR count). The molecule has 0 aliphatic rings. The van der Waals surface area contributed by atoms with Crippen molar-refractivity contribution < 1.29 is 22.7 Å². The zero-order chi connectivity index (χ0) is 25.3. The maximum absolute atomic E-state index is 13.2. The van der Waals surface area contributed by atoms with Gasteiger partial charge in [0.2, 0.25) is 5.91 Å². The van der Waals surface area contributed by atoms with Crippen LogP contribution >= 0.6 is 0 Å². The lowest BCUT2D eigenvalue weighted by Gasteiger charge is -2.13. The molecule has 182 valence electrons. The Balaban J connectivity index is 1.54. The van der Waals surface area contributed by atoms with Gasteiger partial charge in [0.15, 0.2) is 0 Å². The van der Waals surface area contributed by atoms with Gasteiger partial charge in [-0.1, -0.05) is 18.2 Å². The number of carbonyl (C=O) groups is 1. The van der Waals surface area contributed by atoms with Crippen molar-refractivity contribution in [2.24, 2.45) is 7.05 Å². The van der Waals surface area contributed by atoms with Crippen molar-refractivity contribution in [3.63, 3.8) is 0 Å². The number of fused-ring (bicyclic) bond motifs is 1. The minimum atomic E-state index is -4.79. The summed E-state index contributed by atoms with van der Waals surface area (Å²) in [5.41, 5.74) is 3.66. The third-order valence-corrected chi connectivity index (χ3v) is 5.72. The summed E-state index contributed by atoms with van der Waals surface area (Å²) in [5, 5.41) is 8.12. The maximum Gasteiger partial charge on any atom is 0.573 e. The number of anilines is 1. The second-order valence-electron chi connectivity index (χ2n) is 8.12. The molecule has 4 aromatic rings. The molecule has 2 aromatic carbocycles. The molecule has 35 heavy (non-hydrogen) atoms. The molecule has 0 atom stereocenters. The predicted octanol–water partition coefficient (Wildman–Crippen LogP) is 4.81. The van der Waals surface area contributed by atoms with Crippen LogP contribution in [-0.4, -0.2) is 26.6 Å². The van der Waals surface area contributed by atoms with Crippen molar-refractivity contribution in [3.8, 4) is 11.4 Å². The Morgan fingerprint density at radius 2 is 1.71 bits per heavy atom. The van der Waals surface area contributed by atoms with E-state index in [1.165, 1.54) is 12.1 Å². The fourth-order valence-corrected chi connectivity index (χ4v) is 4.12. The highest BCUT2D eigenvalue weighted by Gasteiger charge is 2.31. The topological polar surface area (TPSA) is 78.2 Å². The van der Waals surface area contributed by atoms with Crippen molar-refractivity contribution in [3.05, 3.63) is 81.8 Å². The molecule has 7 nitrogen and oxygen atoms in total. The Labute approximate surface area is 198 Å². The Kier molecular flexibility index (Phi) is 6.38. The van der Waals surface area contributed by atoms with Gasteiger partial charge in [0.1, 0.15) is 11.4 Å². The second kappa shape index (κ2) is 9.28. The zero-order valence-electron chi connectivity index (χ0n) is 19.3. The lowest BCUT2D eigenvalue weighted by Crippen LogP contribution is -2.25. The van der Waals surface area contributed by atoms with Crippen LogP contribution in [0.1, 0.15) is 23.2 Å². The van der Waals surface area contributed by atoms with Crippen molar-refractivity contribution in [1.29, 1.82) is 0 Å². The second-order valence-corrected chi connectivity index (χ2v) is 8.12. The van der Waals surface area contributed by atoms with Gasteiger partial charge in [-0.15, -0.1) is 13.2 Å². The van der Waals surface area contributed by atoms with E-state index < -0.39 is 6.36 Å². The molecule has 0 fully saturated rings. The summed E-state index contributed by atoms with van der Waals surface area (Å²) in [4.78, 5) is 25.7. The standard InChI is InChI=1S/C25H23F3N4O3/c1-15-20(13-14-21(33)29-17-9-11-19(12-10-17)35-25(26,27)28)24(34)31(3)23-22(15)16(2)30-32(23)18-7-5-4-6-8-18/h4-12H,13-14H2,1-3H3,(H,29,33). The third kappa shape index (κ3) is 5.06. The summed E-state index contributed by atoms with van der Waals surface area (Å²) in [6.45, 7) is 3.72. The van der Waals surface area contributed by atoms with Crippen LogP contribution in [0, 0.1) is 13.8 Å². The number of ether oxygens (including phenoxy) is 1. The highest BCUT2D eigenvalue weighted by atomic mass is 19.4. The monoisotopic (exact) mass is 484 g/mol. The highest BCUT2D eigenvalue weighted by Crippen LogP contribution is 2.26. The average Bonchev–Trinajstić information content (AvgIpc) is 3.16. The average molecular weight is 484 g/mol. The third-order valence-electron chi connectivity index (χ3n) is 5.72. The van der Waals surface area contributed by atoms with E-state index in [1.807, 2.05) is 44.2 Å². The molecule has 0 radical (unpaired) electrons. The van der Waals surface area contributed by atoms with E-state index in [0.29, 0.717) is 16.9 Å². The fourth-order valence-electron chi connectivity index (χ4n) is 4.12. The molecule has 0 unspecified atom stereocenters. The molecule has 1 N–H and O–H groups in total. The van der Waals surface area contributed by atoms with Crippen LogP contribution in [0.4, 0.5) is 18.9 Å². The van der Waals surface area contributed by atoms with Crippen LogP contribution in [0.25, 0.3) is 16.7 Å². The van der Waals surface area contributed by atoms with E-state index in [9.17, 15) is 22.8 Å². The molecule has 0 saturated carbocycles. The van der Waals surface area contributed by atoms with E-state index in [-0.39, 0.29) is 30.1 Å². The number of benzene rings is 2. The Morgan fingerprint density at radius 1 is 1.06 bits per heavy atom. The molecule has 10 heteroatoms. The molecule has 1 amide bonds. The molecule has 0 spiro atoms. The summed E-state index contributed by atoms with van der Waals surface area (Å²) < 4.78 is 44.0. The van der Waals surface area contributed by atoms with Crippen LogP contribution in [0.2, 0.25) is 0 Å². The van der Waals surface area contributed by atoms with Gasteiger partial charge in [0.05, 0.1) is 11.4 Å². The van der Waals surface area contributed by atoms with Crippen molar-refractivity contribution >= 4 is 22.6 Å². The van der Waals surface area contributed by atoms with E-state index in [2.05, 4.69) is 15.2 Å². The molecule has 0 aliphatic carbocycles. The number of hydrogen-bond acceptors (Lipinski definition) is 4. The Hall–Kier alpha value is -4.08. The molecule has 0 aliphatic heterocycles. The van der Waals surface area contributed by atoms with Gasteiger partial charge < -0.3 is 10.1 Å². The number of aromatic nitrogens is 3. The van der Waals surface area contributed by atoms with Gasteiger partial charge >= 0.3 is 6.36 Å². The minimum Gasteiger partial charge on any atom is -0.406 e. The van der Waals surface area contributed by atoms with Crippen LogP contribution in [0.3, 0.4) is 0 Å². The van der Waals surface area contributed by atoms with Gasteiger partial charge in [0, 0.05) is 30.1 Å². The first kappa shape index (κ1) is 24.1. The highest BCUT2D eigenvalue weighted by molar-refractivity contribution is 5.91. The van der Waals surface area contributed by atoms with Gasteiger partial charge in [-0.3, -0.25) is 14.2 Å². The van der Waals surface area contributed by atoms with Crippen LogP contribution < -0.4 is 15.6 Å². The zero-order valence-corrected chi connectivity index (χ0v) is 19.3. The van der Waals surface area contributed by atoms with Crippen molar-refractivity contribution in [2.75, 3.05) is 5.32 Å². The predicted molar refractivity (Wildman–Crippen MR) is 126 cm³/mol. The molecular weight excluding hydrogens is 461 g/mol. The van der Waals surface area contributed by atoms with Crippen molar-refractivity contribution in [2.45, 2.75) is 33.1 Å². The summed E-state index contributed by atoms with van der Waals surface area (Å²) in [7, 11) is 1.68. The summed E-state index contributed by atoms with van der Waals surface area (Å²) in [6.07, 6.45) is -4.56. The van der Waals surface area contributed by atoms with E-state index >= 15 is 0 Å². The van der Waals surface area contributed by atoms with Gasteiger partial charge in [-0.05, 0) is 62.2 Å². The normalized spacial score (nSPS) is 11.6. The first-order chi connectivity index (χ1) is 16.5. The smallest absolute Gasteiger partial charge is 0.406 e. The summed E-state index contributed by atoms with van der Waals surface area (Å²) in [5.74, 6) is -0.748. The number of pyridine rings is 1. The van der Waals surface area contributed by atoms with Crippen LogP contribution in [-0.2, 0) is 18.3 Å². The number of nitrogens with one attached hydrogen (secondary N) is 1. The number of nitrogens with zero attached hydrogens (tertiary/aromatic N) is 3. The maximum atomic E-state index is 13.2. The molecule has 2 aromatic heterocycles. The van der Waals surface area contributed by atoms with E-state index in [1.54, 1.807) is 16.3 Å². The van der Waals surface area contributed by atoms with Gasteiger partial charge in [0.25, 0.3) is 5.56 Å². The van der Waals surface area contributed by atoms with Crippen LogP contribution in [0.5, 0.6) is 5.75 Å². The number of aryl methyl sites for hydroxylation is 3. The van der Waals surface area contributed by atoms with E-state index in [4.69, 9.17) is 0 Å². The number of para-hydroxylation sites is 1. The van der Waals surface area contributed by atoms with Crippen LogP contribution in [0.15, 0.2) is 59.4 Å². The number of hydrogen-bond donors (Lipinski definition) is 1. The number of alkyl halides is 3. The summed E-state index contributed by atoms with van der Waals surface area (Å²) >= 11 is 0. The molecule has 2 heterocycles. The summed E-state index contributed by atoms with van der Waals surface area (Å²) in [6, 6.07) is 14.4. The number of halogens is 3. The number of amides is 1. The van der Waals surface area contributed by atoms with Gasteiger partial charge in [-0.25, -0.2) is 4.68 Å². The quantitative estimate of drug-likeness (QED) is 0.426. The largest absolute Gasteiger partial charge is 0.573 e. The fraction of sp³-hybridized carbons (Fsp3) is 0.240. The van der Waals surface area contributed by atoms with E-state index in [0.717, 1.165) is 34.5 Å². The Morgan fingerprint density at radius 3 is 2.34 bits per heavy atom. The lowest BCUT2D eigenvalue weighted by molar-refractivity contribution is -0.274. The molecule has 0 bridgehead atoms. The molecule has 0 saturated heterocycles. The first-order valence-electron chi connectivity index (χ1n) is 10.8. The Bertz CT molecular complexity index is 1440. The SMILES string of the molecule is Cc1nn(-c2ccccc2)c2c1c(C)c(CCC(=O)Nc1ccc(OC(F)(F)F)cc1)c(=O)n2C. The lowest BCUT2D eigenvalue weighted by atomic mass is 10.0. The van der Waals surface area contributed by atoms with Gasteiger partial charge in [-0.2, -0.15) is 5.10 Å². The number of carbonyl (C=O) groups excluding carboxylic acids is 1. The molecular formula is C25H23F3N4O3. The minimum absolute atomic E-state index is 0.0221. The number of rotatable bonds is 6.